The molecule has 0 unspecified atom stereocenters. The molecular formula is C2H5B2Zn-. The third-order valence-electron chi connectivity index (χ3n) is 0. The van der Waals surface area contributed by atoms with Gasteiger partial charge in [0, 0.05) is 19.5 Å². The average Bonchev–Trinajstić information content (AvgIpc) is 0.811. The Morgan fingerprint density at radius 3 is 1.80 bits per heavy atom. The molecule has 0 aromatic carbocycles. The van der Waals surface area contributed by atoms with E-state index in [1.807, 2.05) is 6.82 Å². The van der Waals surface area contributed by atoms with Gasteiger partial charge in [-0.1, -0.05) is 6.60 Å². The van der Waals surface area contributed by atoms with Crippen LogP contribution in [-0.2, 0) is 19.5 Å². The van der Waals surface area contributed by atoms with Gasteiger partial charge < -0.3 is 6.82 Å². The van der Waals surface area contributed by atoms with Crippen molar-refractivity contribution in [2.45, 2.75) is 6.82 Å². The van der Waals surface area contributed by atoms with Crippen LogP contribution in [-0.4, -0.2) is 14.3 Å². The molecule has 0 aromatic heterocycles. The zero-order chi connectivity index (χ0) is 3.58. The van der Waals surface area contributed by atoms with Gasteiger partial charge in [-0.3, -0.25) is 0 Å². The molecule has 5 heavy (non-hydrogen) atoms. The summed E-state index contributed by atoms with van der Waals surface area (Å²) in [6.45, 7) is 5.33. The fourth-order valence-corrected chi connectivity index (χ4v) is 0. The maximum absolute atomic E-state index is 5.00. The minimum Gasteiger partial charge on any atom is -0.372 e. The first kappa shape index (κ1) is 9.23. The number of rotatable bonds is 0. The molecule has 0 aliphatic rings. The molecule has 0 spiro atoms. The van der Waals surface area contributed by atoms with Gasteiger partial charge in [-0.05, 0) is 7.74 Å². The van der Waals surface area contributed by atoms with Crippen molar-refractivity contribution in [2.75, 3.05) is 0 Å². The second kappa shape index (κ2) is 4.75. The topological polar surface area (TPSA) is 0 Å². The van der Waals surface area contributed by atoms with Crippen molar-refractivity contribution in [1.29, 1.82) is 0 Å². The second-order valence-electron chi connectivity index (χ2n) is 0.977. The van der Waals surface area contributed by atoms with E-state index in [9.17, 15) is 0 Å². The summed E-state index contributed by atoms with van der Waals surface area (Å²) in [5.74, 6) is 0. The molecule has 0 nitrogen and oxygen atoms in total. The molecule has 0 rings (SSSR count). The number of hydrogen-bond donors (Lipinski definition) is 0. The van der Waals surface area contributed by atoms with Crippen molar-refractivity contribution >= 4 is 14.3 Å². The first-order valence-corrected chi connectivity index (χ1v) is 1.32. The molecule has 0 amide bonds. The summed E-state index contributed by atoms with van der Waals surface area (Å²) >= 11 is 0. The Kier molecular flexibility index (Phi) is 8.77. The van der Waals surface area contributed by atoms with Gasteiger partial charge in [0.05, 0.1) is 0 Å². The third-order valence-corrected chi connectivity index (χ3v) is 0. The molecule has 22 valence electrons. The van der Waals surface area contributed by atoms with Gasteiger partial charge in [-0.2, -0.15) is 0 Å². The van der Waals surface area contributed by atoms with E-state index in [2.05, 4.69) is 6.82 Å². The predicted molar refractivity (Wildman–Crippen MR) is 22.7 cm³/mol. The second-order valence-corrected chi connectivity index (χ2v) is 0.977. The minimum absolute atomic E-state index is 0. The Hall–Kier alpha value is 0.753. The van der Waals surface area contributed by atoms with E-state index in [1.54, 1.807) is 0 Å². The average molecular weight is 116 g/mol. The van der Waals surface area contributed by atoms with Crippen molar-refractivity contribution < 1.29 is 19.5 Å². The van der Waals surface area contributed by atoms with E-state index in [1.165, 1.54) is 0 Å². The van der Waals surface area contributed by atoms with Gasteiger partial charge in [0.15, 0.2) is 0 Å². The molecule has 0 aliphatic carbocycles. The maximum Gasteiger partial charge on any atom is 0 e. The van der Waals surface area contributed by atoms with Crippen molar-refractivity contribution in [3.63, 3.8) is 0 Å². The van der Waals surface area contributed by atoms with Crippen LogP contribution in [0.5, 0.6) is 0 Å². The van der Waals surface area contributed by atoms with Crippen molar-refractivity contribution in [2.24, 2.45) is 0 Å². The Labute approximate surface area is 47.9 Å². The molecule has 0 heterocycles. The molecular weight excluding hydrogens is 111 g/mol. The van der Waals surface area contributed by atoms with Gasteiger partial charge in [0.25, 0.3) is 0 Å². The minimum atomic E-state index is 0. The summed E-state index contributed by atoms with van der Waals surface area (Å²) in [5.41, 5.74) is 0. The van der Waals surface area contributed by atoms with Crippen LogP contribution in [0.25, 0.3) is 0 Å². The fraction of sp³-hybridized carbons (Fsp3) is 0.500. The molecule has 0 aromatic rings. The van der Waals surface area contributed by atoms with Gasteiger partial charge in [0.1, 0.15) is 0 Å². The maximum atomic E-state index is 5.00. The Bertz CT molecular complexity index is 12.4. The molecule has 0 saturated carbocycles. The first-order valence-electron chi connectivity index (χ1n) is 1.32. The Morgan fingerprint density at radius 2 is 1.80 bits per heavy atom. The zero-order valence-electron chi connectivity index (χ0n) is 3.57. The summed E-state index contributed by atoms with van der Waals surface area (Å²) in [6, 6.07) is 0. The summed E-state index contributed by atoms with van der Waals surface area (Å²) in [7, 11) is 5.00. The number of hydrogen-bond acceptors (Lipinski definition) is 0. The van der Waals surface area contributed by atoms with Crippen LogP contribution >= 0.6 is 0 Å². The van der Waals surface area contributed by atoms with Gasteiger partial charge in [-0.25, -0.2) is 0 Å². The van der Waals surface area contributed by atoms with Crippen LogP contribution in [0.1, 0.15) is 0 Å². The molecule has 0 bridgehead atoms. The summed E-state index contributed by atoms with van der Waals surface area (Å²) < 4.78 is 0. The largest absolute Gasteiger partial charge is 0.372 e. The first-order chi connectivity index (χ1) is 1.73. The molecule has 0 saturated heterocycles. The van der Waals surface area contributed by atoms with Gasteiger partial charge in [0.2, 0.25) is 0 Å². The quantitative estimate of drug-likeness (QED) is 0.312. The normalized spacial score (nSPS) is 5.20. The van der Waals surface area contributed by atoms with Crippen LogP contribution < -0.4 is 0 Å². The van der Waals surface area contributed by atoms with E-state index >= 15 is 0 Å². The molecule has 0 atom stereocenters. The molecule has 2 radical (unpaired) electrons. The van der Waals surface area contributed by atoms with Crippen LogP contribution in [0.2, 0.25) is 6.82 Å². The van der Waals surface area contributed by atoms with Crippen molar-refractivity contribution in [3.8, 4) is 0 Å². The van der Waals surface area contributed by atoms with E-state index in [0.29, 0.717) is 0 Å². The van der Waals surface area contributed by atoms with E-state index in [0.717, 1.165) is 0 Å². The van der Waals surface area contributed by atoms with Crippen LogP contribution in [0.4, 0.5) is 0 Å². The van der Waals surface area contributed by atoms with Crippen LogP contribution in [0.3, 0.4) is 0 Å². The Morgan fingerprint density at radius 1 is 1.80 bits per heavy atom. The SMILES string of the molecule is [B]B([CH2-])C.[Zn]. The van der Waals surface area contributed by atoms with E-state index in [-0.39, 0.29) is 26.1 Å². The monoisotopic (exact) mass is 115 g/mol. The molecule has 0 aliphatic heterocycles. The summed E-state index contributed by atoms with van der Waals surface area (Å²) in [6.07, 6.45) is 0. The standard InChI is InChI=1S/C2H5B2.Zn/c1-4(2)3;/h1H2,2H3;/q-1;. The molecule has 0 N–H and O–H groups in total. The summed E-state index contributed by atoms with van der Waals surface area (Å²) in [5, 5.41) is 0. The van der Waals surface area contributed by atoms with Crippen molar-refractivity contribution in [1.82, 2.24) is 0 Å². The predicted octanol–water partition coefficient (Wildman–Crippen LogP) is 0.147. The zero-order valence-corrected chi connectivity index (χ0v) is 6.54. The van der Waals surface area contributed by atoms with Gasteiger partial charge >= 0.3 is 0 Å². The van der Waals surface area contributed by atoms with E-state index < -0.39 is 0 Å². The molecule has 3 heteroatoms. The summed E-state index contributed by atoms with van der Waals surface area (Å²) in [4.78, 5) is 0. The van der Waals surface area contributed by atoms with Crippen LogP contribution in [0, 0.1) is 6.82 Å². The molecule has 0 fully saturated rings. The Balaban J connectivity index is 0. The fourth-order valence-electron chi connectivity index (χ4n) is 0. The van der Waals surface area contributed by atoms with Crippen LogP contribution in [0.15, 0.2) is 0 Å². The third kappa shape index (κ3) is 63.5. The smallest absolute Gasteiger partial charge is 0 e. The van der Waals surface area contributed by atoms with E-state index in [4.69, 9.17) is 7.74 Å². The van der Waals surface area contributed by atoms with Gasteiger partial charge in [-0.15, -0.1) is 6.82 Å². The van der Waals surface area contributed by atoms with Crippen molar-refractivity contribution in [3.05, 3.63) is 6.82 Å².